The van der Waals surface area contributed by atoms with Crippen LogP contribution in [0.25, 0.3) is 0 Å². The van der Waals surface area contributed by atoms with E-state index in [1.54, 1.807) is 0 Å². The lowest BCUT2D eigenvalue weighted by atomic mass is 10.2. The Morgan fingerprint density at radius 2 is 1.83 bits per heavy atom. The Kier molecular flexibility index (Phi) is 7.62. The largest absolute Gasteiger partial charge is 0.317 e. The molecule has 1 aromatic rings. The monoisotopic (exact) mass is 252 g/mol. The van der Waals surface area contributed by atoms with Crippen LogP contribution in [0.3, 0.4) is 0 Å². The van der Waals surface area contributed by atoms with Gasteiger partial charge in [-0.25, -0.2) is 4.39 Å². The Balaban J connectivity index is 2.10. The van der Waals surface area contributed by atoms with E-state index in [-0.39, 0.29) is 5.82 Å². The molecular formula is C15H25FN2. The van der Waals surface area contributed by atoms with Crippen molar-refractivity contribution in [3.05, 3.63) is 35.6 Å². The Hall–Kier alpha value is -0.930. The lowest BCUT2D eigenvalue weighted by Crippen LogP contribution is -2.21. The van der Waals surface area contributed by atoms with E-state index in [1.165, 1.54) is 37.0 Å². The molecule has 2 nitrogen and oxygen atoms in total. The highest BCUT2D eigenvalue weighted by atomic mass is 19.1. The molecule has 18 heavy (non-hydrogen) atoms. The van der Waals surface area contributed by atoms with Gasteiger partial charge in [-0.3, -0.25) is 0 Å². The fourth-order valence-electron chi connectivity index (χ4n) is 1.91. The topological polar surface area (TPSA) is 15.3 Å². The molecule has 0 aromatic heterocycles. The van der Waals surface area contributed by atoms with Crippen LogP contribution in [0.4, 0.5) is 4.39 Å². The lowest BCUT2D eigenvalue weighted by molar-refractivity contribution is 0.317. The van der Waals surface area contributed by atoms with Crippen molar-refractivity contribution < 1.29 is 4.39 Å². The first-order valence-corrected chi connectivity index (χ1v) is 6.86. The first-order valence-electron chi connectivity index (χ1n) is 6.86. The van der Waals surface area contributed by atoms with Crippen molar-refractivity contribution >= 4 is 0 Å². The van der Waals surface area contributed by atoms with Gasteiger partial charge in [0.1, 0.15) is 5.82 Å². The summed E-state index contributed by atoms with van der Waals surface area (Å²) in [5.41, 5.74) is 1.17. The maximum Gasteiger partial charge on any atom is 0.123 e. The molecule has 0 aliphatic carbocycles. The fourth-order valence-corrected chi connectivity index (χ4v) is 1.91. The highest BCUT2D eigenvalue weighted by molar-refractivity contribution is 5.15. The third-order valence-corrected chi connectivity index (χ3v) is 2.94. The van der Waals surface area contributed by atoms with E-state index in [0.29, 0.717) is 0 Å². The van der Waals surface area contributed by atoms with Crippen molar-refractivity contribution in [3.63, 3.8) is 0 Å². The van der Waals surface area contributed by atoms with Crippen LogP contribution in [-0.2, 0) is 6.54 Å². The van der Waals surface area contributed by atoms with E-state index >= 15 is 0 Å². The van der Waals surface area contributed by atoms with E-state index < -0.39 is 0 Å². The molecule has 3 heteroatoms. The van der Waals surface area contributed by atoms with Crippen molar-refractivity contribution in [2.24, 2.45) is 0 Å². The summed E-state index contributed by atoms with van der Waals surface area (Å²) in [5, 5.41) is 3.40. The van der Waals surface area contributed by atoms with Crippen molar-refractivity contribution in [2.45, 2.75) is 32.7 Å². The van der Waals surface area contributed by atoms with Gasteiger partial charge in [0.05, 0.1) is 0 Å². The number of nitrogens with zero attached hydrogens (tertiary/aromatic N) is 1. The van der Waals surface area contributed by atoms with Gasteiger partial charge in [0.25, 0.3) is 0 Å². The standard InChI is InChI=1S/C15H25FN2/c1-3-10-17-11-4-5-12-18(2)13-14-6-8-15(16)9-7-14/h6-9,17H,3-5,10-13H2,1-2H3. The van der Waals surface area contributed by atoms with Gasteiger partial charge in [-0.15, -0.1) is 0 Å². The minimum Gasteiger partial charge on any atom is -0.317 e. The van der Waals surface area contributed by atoms with E-state index in [1.807, 2.05) is 12.1 Å². The number of halogens is 1. The summed E-state index contributed by atoms with van der Waals surface area (Å²) in [7, 11) is 2.11. The summed E-state index contributed by atoms with van der Waals surface area (Å²) in [6, 6.07) is 6.76. The van der Waals surface area contributed by atoms with Gasteiger partial charge in [0.15, 0.2) is 0 Å². The molecule has 1 N–H and O–H groups in total. The molecule has 1 rings (SSSR count). The third kappa shape index (κ3) is 6.72. The van der Waals surface area contributed by atoms with E-state index in [9.17, 15) is 4.39 Å². The fraction of sp³-hybridized carbons (Fsp3) is 0.600. The Bertz CT molecular complexity index is 311. The van der Waals surface area contributed by atoms with Gasteiger partial charge < -0.3 is 10.2 Å². The average Bonchev–Trinajstić information content (AvgIpc) is 2.36. The van der Waals surface area contributed by atoms with E-state index in [4.69, 9.17) is 0 Å². The average molecular weight is 252 g/mol. The molecule has 0 aliphatic rings. The quantitative estimate of drug-likeness (QED) is 0.680. The van der Waals surface area contributed by atoms with Gasteiger partial charge in [-0.1, -0.05) is 19.1 Å². The number of rotatable bonds is 9. The number of unbranched alkanes of at least 4 members (excludes halogenated alkanes) is 1. The summed E-state index contributed by atoms with van der Waals surface area (Å²) >= 11 is 0. The molecule has 0 saturated carbocycles. The highest BCUT2D eigenvalue weighted by Gasteiger charge is 2.00. The predicted molar refractivity (Wildman–Crippen MR) is 75.1 cm³/mol. The van der Waals surface area contributed by atoms with Gasteiger partial charge >= 0.3 is 0 Å². The van der Waals surface area contributed by atoms with Crippen molar-refractivity contribution in [1.82, 2.24) is 10.2 Å². The maximum atomic E-state index is 12.8. The molecule has 1 aromatic carbocycles. The van der Waals surface area contributed by atoms with Crippen LogP contribution in [0.5, 0.6) is 0 Å². The van der Waals surface area contributed by atoms with Crippen LogP contribution in [-0.4, -0.2) is 31.6 Å². The first kappa shape index (κ1) is 15.1. The molecule has 0 aliphatic heterocycles. The normalized spacial score (nSPS) is 11.1. The number of nitrogens with one attached hydrogen (secondary N) is 1. The summed E-state index contributed by atoms with van der Waals surface area (Å²) in [6.07, 6.45) is 3.62. The molecule has 0 spiro atoms. The number of hydrogen-bond donors (Lipinski definition) is 1. The molecule has 0 radical (unpaired) electrons. The maximum absolute atomic E-state index is 12.8. The van der Waals surface area contributed by atoms with Crippen LogP contribution < -0.4 is 5.32 Å². The second kappa shape index (κ2) is 9.06. The molecule has 0 fully saturated rings. The van der Waals surface area contributed by atoms with Crippen molar-refractivity contribution in [2.75, 3.05) is 26.7 Å². The summed E-state index contributed by atoms with van der Waals surface area (Å²) in [4.78, 5) is 2.28. The molecule has 0 atom stereocenters. The van der Waals surface area contributed by atoms with Crippen LogP contribution in [0, 0.1) is 5.82 Å². The Morgan fingerprint density at radius 3 is 2.50 bits per heavy atom. The number of benzene rings is 1. The highest BCUT2D eigenvalue weighted by Crippen LogP contribution is 2.06. The first-order chi connectivity index (χ1) is 8.72. The van der Waals surface area contributed by atoms with Crippen LogP contribution in [0.2, 0.25) is 0 Å². The second-order valence-corrected chi connectivity index (χ2v) is 4.82. The summed E-state index contributed by atoms with van der Waals surface area (Å²) < 4.78 is 12.8. The molecule has 0 bridgehead atoms. The molecule has 0 unspecified atom stereocenters. The molecule has 0 heterocycles. The zero-order valence-corrected chi connectivity index (χ0v) is 11.6. The summed E-state index contributed by atoms with van der Waals surface area (Å²) in [5.74, 6) is -0.164. The molecule has 0 amide bonds. The Labute approximate surface area is 110 Å². The SMILES string of the molecule is CCCNCCCCN(C)Cc1ccc(F)cc1. The minimum absolute atomic E-state index is 0.164. The van der Waals surface area contributed by atoms with Gasteiger partial charge in [-0.2, -0.15) is 0 Å². The van der Waals surface area contributed by atoms with Gasteiger partial charge in [0, 0.05) is 6.54 Å². The third-order valence-electron chi connectivity index (χ3n) is 2.94. The predicted octanol–water partition coefficient (Wildman–Crippen LogP) is 3.04. The molecule has 0 saturated heterocycles. The Morgan fingerprint density at radius 1 is 1.11 bits per heavy atom. The van der Waals surface area contributed by atoms with Crippen LogP contribution in [0.1, 0.15) is 31.7 Å². The van der Waals surface area contributed by atoms with Crippen LogP contribution in [0.15, 0.2) is 24.3 Å². The van der Waals surface area contributed by atoms with Gasteiger partial charge in [-0.05, 0) is 63.6 Å². The van der Waals surface area contributed by atoms with Gasteiger partial charge in [0.2, 0.25) is 0 Å². The van der Waals surface area contributed by atoms with E-state index in [0.717, 1.165) is 26.2 Å². The van der Waals surface area contributed by atoms with E-state index in [2.05, 4.69) is 24.2 Å². The van der Waals surface area contributed by atoms with Crippen LogP contribution >= 0.6 is 0 Å². The molecule has 102 valence electrons. The lowest BCUT2D eigenvalue weighted by Gasteiger charge is -2.16. The summed E-state index contributed by atoms with van der Waals surface area (Å²) in [6.45, 7) is 6.39. The van der Waals surface area contributed by atoms with Crippen molar-refractivity contribution in [3.8, 4) is 0 Å². The smallest absolute Gasteiger partial charge is 0.123 e. The zero-order valence-electron chi connectivity index (χ0n) is 11.6. The molecular weight excluding hydrogens is 227 g/mol. The zero-order chi connectivity index (χ0) is 13.2. The number of hydrogen-bond acceptors (Lipinski definition) is 2. The minimum atomic E-state index is -0.164. The van der Waals surface area contributed by atoms with Crippen molar-refractivity contribution in [1.29, 1.82) is 0 Å². The second-order valence-electron chi connectivity index (χ2n) is 4.82.